The SMILES string of the molecule is O=C(OC1CCCCC1)[C@H](Cc1ccccc1)NP(=O)(OCC1OCCO1)Oc1ccc(Br)cc1. The second-order valence-electron chi connectivity index (χ2n) is 8.58. The van der Waals surface area contributed by atoms with Crippen LogP contribution in [0.2, 0.25) is 0 Å². The van der Waals surface area contributed by atoms with E-state index in [1.54, 1.807) is 24.3 Å². The van der Waals surface area contributed by atoms with Gasteiger partial charge in [-0.15, -0.1) is 0 Å². The number of esters is 1. The molecule has 35 heavy (non-hydrogen) atoms. The van der Waals surface area contributed by atoms with Crippen LogP contribution in [0.5, 0.6) is 5.75 Å². The topological polar surface area (TPSA) is 92.3 Å². The summed E-state index contributed by atoms with van der Waals surface area (Å²) in [6, 6.07) is 15.4. The molecule has 8 nitrogen and oxygen atoms in total. The third-order valence-electron chi connectivity index (χ3n) is 5.83. The van der Waals surface area contributed by atoms with Crippen molar-refractivity contribution in [1.29, 1.82) is 0 Å². The number of nitrogens with one attached hydrogen (secondary N) is 1. The monoisotopic (exact) mass is 567 g/mol. The average molecular weight is 568 g/mol. The first-order chi connectivity index (χ1) is 17.0. The Morgan fingerprint density at radius 3 is 2.40 bits per heavy atom. The van der Waals surface area contributed by atoms with E-state index in [0.29, 0.717) is 19.0 Å². The lowest BCUT2D eigenvalue weighted by Gasteiger charge is -2.28. The molecule has 2 aromatic carbocycles. The Balaban J connectivity index is 1.53. The molecule has 0 aromatic heterocycles. The number of hydrogen-bond acceptors (Lipinski definition) is 7. The van der Waals surface area contributed by atoms with Gasteiger partial charge in [-0.3, -0.25) is 9.32 Å². The predicted octanol–water partition coefficient (Wildman–Crippen LogP) is 5.40. The van der Waals surface area contributed by atoms with Crippen LogP contribution in [0, 0.1) is 0 Å². The van der Waals surface area contributed by atoms with Gasteiger partial charge < -0.3 is 18.7 Å². The lowest BCUT2D eigenvalue weighted by Crippen LogP contribution is -2.41. The van der Waals surface area contributed by atoms with Gasteiger partial charge >= 0.3 is 13.7 Å². The molecule has 190 valence electrons. The Labute approximate surface area is 214 Å². The Bertz CT molecular complexity index is 979. The molecule has 2 fully saturated rings. The van der Waals surface area contributed by atoms with Crippen LogP contribution in [-0.4, -0.2) is 44.2 Å². The van der Waals surface area contributed by atoms with Crippen molar-refractivity contribution in [3.8, 4) is 5.75 Å². The molecule has 2 aromatic rings. The van der Waals surface area contributed by atoms with Crippen LogP contribution in [0.1, 0.15) is 37.7 Å². The molecule has 4 rings (SSSR count). The minimum atomic E-state index is -4.04. The molecular formula is C25H31BrNO7P. The van der Waals surface area contributed by atoms with Crippen LogP contribution in [0.4, 0.5) is 0 Å². The van der Waals surface area contributed by atoms with Crippen molar-refractivity contribution < 1.29 is 32.6 Å². The number of benzene rings is 2. The maximum atomic E-state index is 13.9. The molecular weight excluding hydrogens is 537 g/mol. The summed E-state index contributed by atoms with van der Waals surface area (Å²) >= 11 is 3.38. The van der Waals surface area contributed by atoms with E-state index in [4.69, 9.17) is 23.3 Å². The predicted molar refractivity (Wildman–Crippen MR) is 134 cm³/mol. The van der Waals surface area contributed by atoms with Gasteiger partial charge in [0.1, 0.15) is 24.5 Å². The number of hydrogen-bond donors (Lipinski definition) is 1. The highest BCUT2D eigenvalue weighted by atomic mass is 79.9. The highest BCUT2D eigenvalue weighted by molar-refractivity contribution is 9.10. The average Bonchev–Trinajstić information content (AvgIpc) is 3.39. The Morgan fingerprint density at radius 1 is 1.03 bits per heavy atom. The first-order valence-corrected chi connectivity index (χ1v) is 14.3. The zero-order valence-corrected chi connectivity index (χ0v) is 22.0. The van der Waals surface area contributed by atoms with Crippen molar-refractivity contribution in [2.75, 3.05) is 19.8 Å². The van der Waals surface area contributed by atoms with Crippen LogP contribution in [0.25, 0.3) is 0 Å². The molecule has 1 N–H and O–H groups in total. The number of carbonyl (C=O) groups is 1. The van der Waals surface area contributed by atoms with Crippen molar-refractivity contribution in [1.82, 2.24) is 5.09 Å². The van der Waals surface area contributed by atoms with Gasteiger partial charge in [-0.25, -0.2) is 4.57 Å². The van der Waals surface area contributed by atoms with Gasteiger partial charge in [0.25, 0.3) is 0 Å². The van der Waals surface area contributed by atoms with Crippen molar-refractivity contribution in [3.63, 3.8) is 0 Å². The third-order valence-corrected chi connectivity index (χ3v) is 7.92. The normalized spacial score (nSPS) is 19.7. The van der Waals surface area contributed by atoms with E-state index in [-0.39, 0.29) is 19.1 Å². The third kappa shape index (κ3) is 8.41. The smallest absolute Gasteiger partial charge is 0.459 e. The minimum absolute atomic E-state index is 0.115. The fourth-order valence-corrected chi connectivity index (χ4v) is 5.78. The van der Waals surface area contributed by atoms with Crippen LogP contribution in [0.15, 0.2) is 59.1 Å². The molecule has 0 spiro atoms. The lowest BCUT2D eigenvalue weighted by atomic mass is 9.97. The van der Waals surface area contributed by atoms with Crippen molar-refractivity contribution in [2.24, 2.45) is 0 Å². The van der Waals surface area contributed by atoms with Crippen LogP contribution in [0.3, 0.4) is 0 Å². The summed E-state index contributed by atoms with van der Waals surface area (Å²) in [6.45, 7) is 0.754. The fourth-order valence-electron chi connectivity index (χ4n) is 4.04. The van der Waals surface area contributed by atoms with Gasteiger partial charge in [0, 0.05) is 4.47 Å². The zero-order valence-electron chi connectivity index (χ0n) is 19.5. The minimum Gasteiger partial charge on any atom is -0.461 e. The summed E-state index contributed by atoms with van der Waals surface area (Å²) in [5.74, 6) is -0.145. The van der Waals surface area contributed by atoms with E-state index in [1.165, 1.54) is 0 Å². The second kappa shape index (κ2) is 13.0. The zero-order chi connectivity index (χ0) is 24.5. The van der Waals surface area contributed by atoms with E-state index in [1.807, 2.05) is 30.3 Å². The summed E-state index contributed by atoms with van der Waals surface area (Å²) in [5.41, 5.74) is 0.892. The standard InChI is InChI=1S/C25H31BrNO7P/c26-20-11-13-22(14-12-20)34-35(29,32-18-24-30-15-16-31-24)27-23(17-19-7-3-1-4-8-19)25(28)33-21-9-5-2-6-10-21/h1,3-4,7-8,11-14,21,23-24H,2,5-6,9-10,15-18H2,(H,27,29)/t23-,35?/m0/s1. The second-order valence-corrected chi connectivity index (χ2v) is 11.2. The highest BCUT2D eigenvalue weighted by Crippen LogP contribution is 2.46. The Morgan fingerprint density at radius 2 is 1.71 bits per heavy atom. The van der Waals surface area contributed by atoms with Crippen LogP contribution >= 0.6 is 23.7 Å². The first-order valence-electron chi connectivity index (χ1n) is 11.9. The van der Waals surface area contributed by atoms with E-state index < -0.39 is 26.0 Å². The maximum Gasteiger partial charge on any atom is 0.459 e. The lowest BCUT2D eigenvalue weighted by molar-refractivity contribution is -0.152. The number of rotatable bonds is 11. The van der Waals surface area contributed by atoms with Gasteiger partial charge in [0.05, 0.1) is 13.2 Å². The Hall–Kier alpha value is -1.74. The van der Waals surface area contributed by atoms with E-state index in [9.17, 15) is 9.36 Å². The van der Waals surface area contributed by atoms with Crippen LogP contribution in [-0.2, 0) is 34.5 Å². The number of halogens is 1. The summed E-state index contributed by atoms with van der Waals surface area (Å²) in [6.07, 6.45) is 4.36. The van der Waals surface area contributed by atoms with Gasteiger partial charge in [0.2, 0.25) is 0 Å². The summed E-state index contributed by atoms with van der Waals surface area (Å²) in [7, 11) is -4.04. The molecule has 0 bridgehead atoms. The van der Waals surface area contributed by atoms with Crippen LogP contribution < -0.4 is 9.61 Å². The van der Waals surface area contributed by atoms with Crippen molar-refractivity contribution >= 4 is 29.6 Å². The molecule has 2 atom stereocenters. The molecule has 2 aliphatic rings. The molecule has 0 amide bonds. The first kappa shape index (κ1) is 26.3. The fraction of sp³-hybridized carbons (Fsp3) is 0.480. The molecule has 1 heterocycles. The van der Waals surface area contributed by atoms with Gasteiger partial charge in [-0.1, -0.05) is 52.7 Å². The van der Waals surface area contributed by atoms with Gasteiger partial charge in [0.15, 0.2) is 6.29 Å². The van der Waals surface area contributed by atoms with E-state index in [0.717, 1.165) is 42.1 Å². The van der Waals surface area contributed by atoms with E-state index in [2.05, 4.69) is 21.0 Å². The number of carbonyl (C=O) groups excluding carboxylic acids is 1. The maximum absolute atomic E-state index is 13.9. The summed E-state index contributed by atoms with van der Waals surface area (Å²) in [4.78, 5) is 13.3. The molecule has 10 heteroatoms. The molecule has 1 aliphatic heterocycles. The largest absolute Gasteiger partial charge is 0.461 e. The molecule has 1 unspecified atom stereocenters. The van der Waals surface area contributed by atoms with Gasteiger partial charge in [-0.05, 0) is 61.9 Å². The molecule has 1 aliphatic carbocycles. The summed E-state index contributed by atoms with van der Waals surface area (Å²) in [5, 5.41) is 2.87. The molecule has 1 saturated carbocycles. The highest BCUT2D eigenvalue weighted by Gasteiger charge is 2.37. The molecule has 0 radical (unpaired) electrons. The van der Waals surface area contributed by atoms with Crippen molar-refractivity contribution in [3.05, 3.63) is 64.6 Å². The Kier molecular flexibility index (Phi) is 9.77. The number of ether oxygens (including phenoxy) is 3. The van der Waals surface area contributed by atoms with E-state index >= 15 is 0 Å². The quantitative estimate of drug-likeness (QED) is 0.285. The summed E-state index contributed by atoms with van der Waals surface area (Å²) < 4.78 is 43.0. The van der Waals surface area contributed by atoms with Crippen molar-refractivity contribution in [2.45, 2.75) is 57.0 Å². The van der Waals surface area contributed by atoms with Gasteiger partial charge in [-0.2, -0.15) is 5.09 Å². The molecule has 1 saturated heterocycles.